The molecule has 1 aromatic heterocycles. The van der Waals surface area contributed by atoms with Crippen LogP contribution in [0.2, 0.25) is 0 Å². The van der Waals surface area contributed by atoms with Crippen LogP contribution in [0.1, 0.15) is 31.7 Å². The topological polar surface area (TPSA) is 32.8 Å². The van der Waals surface area contributed by atoms with E-state index >= 15 is 0 Å². The molecule has 1 fully saturated rings. The average molecular weight is 355 g/mol. The number of carbonyl (C=O) groups excluding carboxylic acids is 1. The summed E-state index contributed by atoms with van der Waals surface area (Å²) in [5.41, 5.74) is -1.11. The summed E-state index contributed by atoms with van der Waals surface area (Å²) in [6.07, 6.45) is -1.49. The molecular weight excluding hydrogens is 328 g/mol. The van der Waals surface area contributed by atoms with E-state index in [0.717, 1.165) is 11.3 Å². The number of thiophene rings is 1. The van der Waals surface area contributed by atoms with Gasteiger partial charge in [0.15, 0.2) is 0 Å². The van der Waals surface area contributed by atoms with Gasteiger partial charge in [0, 0.05) is 26.0 Å². The van der Waals surface area contributed by atoms with Crippen molar-refractivity contribution >= 4 is 38.4 Å². The van der Waals surface area contributed by atoms with Crippen LogP contribution in [0.5, 0.6) is 0 Å². The highest BCUT2D eigenvalue weighted by Crippen LogP contribution is 2.30. The first-order valence-corrected chi connectivity index (χ1v) is 7.07. The highest BCUT2D eigenvalue weighted by atomic mass is 79.9. The molecule has 1 aliphatic rings. The normalized spacial score (nSPS) is 33.5. The van der Waals surface area contributed by atoms with E-state index in [2.05, 4.69) is 15.9 Å². The lowest BCUT2D eigenvalue weighted by atomic mass is 10.2. The summed E-state index contributed by atoms with van der Waals surface area (Å²) in [5.74, 6) is 0. The minimum atomic E-state index is -3.25. The molecule has 0 bridgehead atoms. The number of rotatable bonds is 1. The zero-order valence-electron chi connectivity index (χ0n) is 18.7. The summed E-state index contributed by atoms with van der Waals surface area (Å²) in [4.78, 5) is 12.8. The molecule has 0 aliphatic carbocycles. The minimum absolute atomic E-state index is 0.0338. The van der Waals surface area contributed by atoms with E-state index in [-0.39, 0.29) is 9.90 Å². The second-order valence-corrected chi connectivity index (χ2v) is 7.12. The van der Waals surface area contributed by atoms with Gasteiger partial charge >= 0.3 is 6.09 Å². The standard InChI is InChI=1S/C13H19BrN2O2S/c1-13(2,3)18-12(17)16-8-6-15(7-9-16)11-5-4-10(14)19-11/h4-5H,6-9H2,1-3H3/i6D2,7D2,8D2,9D2. The Morgan fingerprint density at radius 1 is 1.37 bits per heavy atom. The fourth-order valence-electron chi connectivity index (χ4n) is 1.19. The number of hydrogen-bond acceptors (Lipinski definition) is 4. The fraction of sp³-hybridized carbons (Fsp3) is 0.615. The molecule has 0 saturated carbocycles. The number of anilines is 1. The number of piperazine rings is 1. The van der Waals surface area contributed by atoms with Crippen molar-refractivity contribution in [2.75, 3.05) is 30.9 Å². The second-order valence-electron chi connectivity index (χ2n) is 4.68. The maximum absolute atomic E-state index is 12.5. The monoisotopic (exact) mass is 354 g/mol. The van der Waals surface area contributed by atoms with Gasteiger partial charge in [0.25, 0.3) is 0 Å². The number of nitrogens with zero attached hydrogens (tertiary/aromatic N) is 2. The zero-order chi connectivity index (χ0) is 21.2. The molecule has 2 heterocycles. The Balaban J connectivity index is 2.68. The first-order chi connectivity index (χ1) is 11.9. The lowest BCUT2D eigenvalue weighted by Gasteiger charge is -2.36. The van der Waals surface area contributed by atoms with Crippen molar-refractivity contribution in [3.63, 3.8) is 0 Å². The van der Waals surface area contributed by atoms with Crippen LogP contribution in [0.15, 0.2) is 15.9 Å². The van der Waals surface area contributed by atoms with Crippen LogP contribution in [0.4, 0.5) is 9.80 Å². The van der Waals surface area contributed by atoms with Gasteiger partial charge in [0.05, 0.1) is 19.8 Å². The molecule has 1 amide bonds. The van der Waals surface area contributed by atoms with Gasteiger partial charge in [-0.25, -0.2) is 4.79 Å². The van der Waals surface area contributed by atoms with Crippen LogP contribution in [0.25, 0.3) is 0 Å². The molecule has 0 aromatic carbocycles. The second kappa shape index (κ2) is 5.71. The van der Waals surface area contributed by atoms with E-state index in [9.17, 15) is 4.79 Å². The van der Waals surface area contributed by atoms with Crippen molar-refractivity contribution in [1.29, 1.82) is 0 Å². The van der Waals surface area contributed by atoms with Crippen LogP contribution in [0, 0.1) is 0 Å². The molecule has 0 radical (unpaired) electrons. The van der Waals surface area contributed by atoms with E-state index < -0.39 is 37.7 Å². The van der Waals surface area contributed by atoms with Crippen LogP contribution in [-0.2, 0) is 4.74 Å². The van der Waals surface area contributed by atoms with Gasteiger partial charge in [-0.1, -0.05) is 0 Å². The molecule has 6 heteroatoms. The van der Waals surface area contributed by atoms with Crippen molar-refractivity contribution in [2.45, 2.75) is 26.4 Å². The first-order valence-electron chi connectivity index (χ1n) is 9.46. The lowest BCUT2D eigenvalue weighted by Crippen LogP contribution is -2.49. The van der Waals surface area contributed by atoms with Crippen LogP contribution >= 0.6 is 27.3 Å². The SMILES string of the molecule is [2H]C1([2H])N(C(=O)OC(C)(C)C)C([2H])([2H])C([2H])([2H])N(c2ccc(Br)s2)C1([2H])[2H]. The Bertz CT molecular complexity index is 721. The van der Waals surface area contributed by atoms with Gasteiger partial charge in [-0.15, -0.1) is 11.3 Å². The summed E-state index contributed by atoms with van der Waals surface area (Å²) in [5, 5.41) is -0.0338. The van der Waals surface area contributed by atoms with Crippen molar-refractivity contribution in [3.05, 3.63) is 15.9 Å². The highest BCUT2D eigenvalue weighted by Gasteiger charge is 2.26. The van der Waals surface area contributed by atoms with Crippen LogP contribution in [0.3, 0.4) is 0 Å². The number of halogens is 1. The molecule has 1 saturated heterocycles. The number of amides is 1. The predicted octanol–water partition coefficient (Wildman–Crippen LogP) is 3.57. The van der Waals surface area contributed by atoms with E-state index in [4.69, 9.17) is 15.7 Å². The molecule has 0 unspecified atom stereocenters. The van der Waals surface area contributed by atoms with Gasteiger partial charge in [-0.3, -0.25) is 0 Å². The van der Waals surface area contributed by atoms with E-state index in [1.807, 2.05) is 0 Å². The first kappa shape index (κ1) is 7.31. The molecule has 1 aliphatic heterocycles. The summed E-state index contributed by atoms with van der Waals surface area (Å²) in [6, 6.07) is 2.86. The third-order valence-corrected chi connectivity index (χ3v) is 3.51. The molecule has 0 N–H and O–H groups in total. The smallest absolute Gasteiger partial charge is 0.410 e. The third kappa shape index (κ3) is 4.11. The summed E-state index contributed by atoms with van der Waals surface area (Å²) in [6.45, 7) is -8.26. The summed E-state index contributed by atoms with van der Waals surface area (Å²) in [7, 11) is 0. The van der Waals surface area contributed by atoms with Crippen LogP contribution in [-0.4, -0.2) is 42.6 Å². The van der Waals surface area contributed by atoms with E-state index in [1.54, 1.807) is 0 Å². The molecule has 0 atom stereocenters. The largest absolute Gasteiger partial charge is 0.444 e. The van der Waals surface area contributed by atoms with Gasteiger partial charge in [0.1, 0.15) is 5.60 Å². The van der Waals surface area contributed by atoms with Crippen molar-refractivity contribution in [3.8, 4) is 0 Å². The van der Waals surface area contributed by atoms with E-state index in [1.165, 1.54) is 32.9 Å². The van der Waals surface area contributed by atoms with Crippen molar-refractivity contribution in [2.24, 2.45) is 0 Å². The van der Waals surface area contributed by atoms with Gasteiger partial charge in [0.2, 0.25) is 0 Å². The average Bonchev–Trinajstić information content (AvgIpc) is 2.79. The number of hydrogen-bond donors (Lipinski definition) is 0. The Morgan fingerprint density at radius 2 is 2.00 bits per heavy atom. The van der Waals surface area contributed by atoms with Gasteiger partial charge in [-0.05, 0) is 48.8 Å². The fourth-order valence-corrected chi connectivity index (χ4v) is 2.47. The quantitative estimate of drug-likeness (QED) is 0.772. The Kier molecular flexibility index (Phi) is 2.20. The molecule has 106 valence electrons. The van der Waals surface area contributed by atoms with Crippen molar-refractivity contribution in [1.82, 2.24) is 4.90 Å². The molecule has 2 rings (SSSR count). The summed E-state index contributed by atoms with van der Waals surface area (Å²) >= 11 is 4.09. The molecule has 4 nitrogen and oxygen atoms in total. The number of ether oxygens (including phenoxy) is 1. The van der Waals surface area contributed by atoms with Gasteiger partial charge in [-0.2, -0.15) is 0 Å². The molecule has 1 aromatic rings. The maximum Gasteiger partial charge on any atom is 0.410 e. The predicted molar refractivity (Wildman–Crippen MR) is 82.0 cm³/mol. The lowest BCUT2D eigenvalue weighted by molar-refractivity contribution is 0.0241. The van der Waals surface area contributed by atoms with Crippen LogP contribution < -0.4 is 4.90 Å². The third-order valence-electron chi connectivity index (χ3n) is 1.90. The zero-order valence-corrected chi connectivity index (χ0v) is 13.1. The minimum Gasteiger partial charge on any atom is -0.444 e. The molecular formula is C13H19BrN2O2S. The Labute approximate surface area is 137 Å². The van der Waals surface area contributed by atoms with Gasteiger partial charge < -0.3 is 14.5 Å². The molecule has 19 heavy (non-hydrogen) atoms. The maximum atomic E-state index is 12.5. The van der Waals surface area contributed by atoms with E-state index in [0.29, 0.717) is 8.69 Å². The summed E-state index contributed by atoms with van der Waals surface area (Å²) < 4.78 is 71.5. The highest BCUT2D eigenvalue weighted by molar-refractivity contribution is 9.11. The number of carbonyl (C=O) groups is 1. The Hall–Kier alpha value is -0.750. The van der Waals surface area contributed by atoms with Crippen molar-refractivity contribution < 1.29 is 20.5 Å². The molecule has 0 spiro atoms. The Morgan fingerprint density at radius 3 is 2.47 bits per heavy atom.